The van der Waals surface area contributed by atoms with Gasteiger partial charge in [-0.05, 0) is 37.0 Å². The van der Waals surface area contributed by atoms with Crippen LogP contribution in [0.4, 0.5) is 0 Å². The number of hydrogen-bond donors (Lipinski definition) is 1. The summed E-state index contributed by atoms with van der Waals surface area (Å²) in [6.45, 7) is 1.15. The Kier molecular flexibility index (Phi) is 4.13. The van der Waals surface area contributed by atoms with Crippen LogP contribution in [0.3, 0.4) is 0 Å². The molecule has 27 heavy (non-hydrogen) atoms. The Labute approximate surface area is 156 Å². The number of para-hydroxylation sites is 1. The first-order chi connectivity index (χ1) is 13.3. The molecule has 1 aromatic carbocycles. The quantitative estimate of drug-likeness (QED) is 0.754. The van der Waals surface area contributed by atoms with Crippen LogP contribution in [-0.2, 0) is 11.2 Å². The number of rotatable bonds is 5. The predicted molar refractivity (Wildman–Crippen MR) is 99.5 cm³/mol. The maximum absolute atomic E-state index is 12.6. The van der Waals surface area contributed by atoms with Crippen molar-refractivity contribution in [2.24, 2.45) is 5.92 Å². The Morgan fingerprint density at radius 1 is 1.19 bits per heavy atom. The molecule has 1 aliphatic carbocycles. The summed E-state index contributed by atoms with van der Waals surface area (Å²) in [5, 5.41) is 8.25. The Bertz CT molecular complexity index is 974. The molecule has 5 rings (SSSR count). The van der Waals surface area contributed by atoms with Gasteiger partial charge in [-0.3, -0.25) is 9.78 Å². The highest BCUT2D eigenvalue weighted by Crippen LogP contribution is 2.39. The molecule has 6 nitrogen and oxygen atoms in total. The van der Waals surface area contributed by atoms with Crippen LogP contribution in [0.15, 0.2) is 47.1 Å². The number of benzene rings is 1. The summed E-state index contributed by atoms with van der Waals surface area (Å²) in [5.74, 6) is 0.759. The summed E-state index contributed by atoms with van der Waals surface area (Å²) in [6, 6.07) is 11.9. The van der Waals surface area contributed by atoms with E-state index in [0.29, 0.717) is 19.1 Å². The molecule has 0 radical (unpaired) electrons. The Hall–Kier alpha value is -2.73. The minimum atomic E-state index is -0.213. The van der Waals surface area contributed by atoms with Gasteiger partial charge < -0.3 is 14.6 Å². The van der Waals surface area contributed by atoms with E-state index in [2.05, 4.69) is 27.6 Å². The van der Waals surface area contributed by atoms with Crippen molar-refractivity contribution in [3.05, 3.63) is 59.6 Å². The van der Waals surface area contributed by atoms with Gasteiger partial charge in [0.1, 0.15) is 0 Å². The van der Waals surface area contributed by atoms with Crippen LogP contribution in [0.2, 0.25) is 0 Å². The van der Waals surface area contributed by atoms with E-state index >= 15 is 0 Å². The van der Waals surface area contributed by atoms with E-state index in [4.69, 9.17) is 9.26 Å². The number of pyridine rings is 1. The van der Waals surface area contributed by atoms with Crippen LogP contribution in [0.1, 0.15) is 40.6 Å². The Morgan fingerprint density at radius 3 is 2.96 bits per heavy atom. The van der Waals surface area contributed by atoms with Crippen molar-refractivity contribution in [1.82, 2.24) is 15.5 Å². The van der Waals surface area contributed by atoms with Crippen LogP contribution in [0.25, 0.3) is 10.9 Å². The van der Waals surface area contributed by atoms with Crippen molar-refractivity contribution in [3.63, 3.8) is 0 Å². The average molecular weight is 363 g/mol. The van der Waals surface area contributed by atoms with Crippen LogP contribution in [-0.4, -0.2) is 35.3 Å². The van der Waals surface area contributed by atoms with Gasteiger partial charge in [-0.2, -0.15) is 0 Å². The number of carbonyl (C=O) groups excluding carboxylic acids is 1. The molecule has 2 fully saturated rings. The second-order valence-electron chi connectivity index (χ2n) is 7.46. The summed E-state index contributed by atoms with van der Waals surface area (Å²) in [6.07, 6.45) is 4.94. The molecular weight excluding hydrogens is 342 g/mol. The van der Waals surface area contributed by atoms with Gasteiger partial charge in [0.2, 0.25) is 5.76 Å². The highest BCUT2D eigenvalue weighted by molar-refractivity contribution is 5.91. The van der Waals surface area contributed by atoms with Gasteiger partial charge in [0, 0.05) is 29.5 Å². The highest BCUT2D eigenvalue weighted by atomic mass is 16.5. The smallest absolute Gasteiger partial charge is 0.290 e. The van der Waals surface area contributed by atoms with Crippen molar-refractivity contribution in [2.45, 2.75) is 31.2 Å². The number of fused-ring (bicyclic) bond motifs is 1. The molecule has 6 heteroatoms. The summed E-state index contributed by atoms with van der Waals surface area (Å²) >= 11 is 0. The van der Waals surface area contributed by atoms with Crippen molar-refractivity contribution < 1.29 is 14.1 Å². The molecule has 138 valence electrons. The number of amides is 1. The second-order valence-corrected chi connectivity index (χ2v) is 7.46. The third-order valence-corrected chi connectivity index (χ3v) is 5.48. The lowest BCUT2D eigenvalue weighted by Gasteiger charge is -2.19. The van der Waals surface area contributed by atoms with E-state index in [1.807, 2.05) is 24.4 Å². The SMILES string of the molecule is O=C(N[C@@H]1COC[C@H]1Cc1ccnc2ccccc12)c1cc(C2CC2)no1. The standard InChI is InChI=1S/C21H21N3O3/c25-21(20-10-18(24-27-20)13-5-6-13)23-19-12-26-11-15(19)9-14-7-8-22-17-4-2-1-3-16(14)17/h1-4,7-8,10,13,15,19H,5-6,9,11-12H2,(H,23,25)/t15-,19-/m1/s1. The molecular formula is C21H21N3O3. The lowest BCUT2D eigenvalue weighted by Crippen LogP contribution is -2.40. The summed E-state index contributed by atoms with van der Waals surface area (Å²) in [4.78, 5) is 17.0. The molecule has 2 aliphatic rings. The third-order valence-electron chi connectivity index (χ3n) is 5.48. The molecule has 3 aromatic rings. The molecule has 2 atom stereocenters. The fourth-order valence-corrected chi connectivity index (χ4v) is 3.78. The van der Waals surface area contributed by atoms with Crippen LogP contribution in [0, 0.1) is 5.92 Å². The summed E-state index contributed by atoms with van der Waals surface area (Å²) in [7, 11) is 0. The normalized spacial score (nSPS) is 22.2. The Morgan fingerprint density at radius 2 is 2.07 bits per heavy atom. The topological polar surface area (TPSA) is 77.2 Å². The van der Waals surface area contributed by atoms with Crippen LogP contribution < -0.4 is 5.32 Å². The molecule has 2 aromatic heterocycles. The van der Waals surface area contributed by atoms with Crippen LogP contribution in [0.5, 0.6) is 0 Å². The van der Waals surface area contributed by atoms with Crippen LogP contribution >= 0.6 is 0 Å². The molecule has 1 N–H and O–H groups in total. The molecule has 3 heterocycles. The van der Waals surface area contributed by atoms with Gasteiger partial charge in [0.25, 0.3) is 5.91 Å². The first kappa shape index (κ1) is 16.4. The summed E-state index contributed by atoms with van der Waals surface area (Å²) in [5.41, 5.74) is 3.11. The molecule has 0 unspecified atom stereocenters. The van der Waals surface area contributed by atoms with Gasteiger partial charge in [0.05, 0.1) is 30.5 Å². The molecule has 1 aliphatic heterocycles. The number of nitrogens with zero attached hydrogens (tertiary/aromatic N) is 2. The molecule has 1 saturated heterocycles. The molecule has 1 amide bonds. The van der Waals surface area contributed by atoms with Crippen molar-refractivity contribution in [2.75, 3.05) is 13.2 Å². The first-order valence-corrected chi connectivity index (χ1v) is 9.46. The summed E-state index contributed by atoms with van der Waals surface area (Å²) < 4.78 is 10.9. The van der Waals surface area contributed by atoms with Crippen molar-refractivity contribution in [3.8, 4) is 0 Å². The van der Waals surface area contributed by atoms with Crippen molar-refractivity contribution >= 4 is 16.8 Å². The average Bonchev–Trinajstić information content (AvgIpc) is 3.26. The van der Waals surface area contributed by atoms with E-state index < -0.39 is 0 Å². The van der Waals surface area contributed by atoms with Gasteiger partial charge in [0.15, 0.2) is 0 Å². The lowest BCUT2D eigenvalue weighted by molar-refractivity contribution is 0.0887. The van der Waals surface area contributed by atoms with Gasteiger partial charge in [-0.1, -0.05) is 23.4 Å². The minimum Gasteiger partial charge on any atom is -0.379 e. The van der Waals surface area contributed by atoms with E-state index in [1.165, 1.54) is 5.56 Å². The van der Waals surface area contributed by atoms with Gasteiger partial charge in [-0.15, -0.1) is 0 Å². The zero-order valence-corrected chi connectivity index (χ0v) is 14.9. The number of ether oxygens (including phenoxy) is 1. The largest absolute Gasteiger partial charge is 0.379 e. The molecule has 0 spiro atoms. The monoisotopic (exact) mass is 363 g/mol. The zero-order chi connectivity index (χ0) is 18.2. The fourth-order valence-electron chi connectivity index (χ4n) is 3.78. The van der Waals surface area contributed by atoms with Gasteiger partial charge in [-0.25, -0.2) is 0 Å². The van der Waals surface area contributed by atoms with Gasteiger partial charge >= 0.3 is 0 Å². The van der Waals surface area contributed by atoms with Crippen molar-refractivity contribution in [1.29, 1.82) is 0 Å². The zero-order valence-electron chi connectivity index (χ0n) is 14.9. The second kappa shape index (κ2) is 6.78. The fraction of sp³-hybridized carbons (Fsp3) is 0.381. The number of hydrogen-bond acceptors (Lipinski definition) is 5. The number of nitrogens with one attached hydrogen (secondary N) is 1. The molecule has 0 bridgehead atoms. The number of carbonyl (C=O) groups is 1. The van der Waals surface area contributed by atoms with E-state index in [-0.39, 0.29) is 23.6 Å². The predicted octanol–water partition coefficient (Wildman–Crippen LogP) is 3.09. The maximum atomic E-state index is 12.6. The third kappa shape index (κ3) is 3.32. The van der Waals surface area contributed by atoms with E-state index in [1.54, 1.807) is 6.07 Å². The minimum absolute atomic E-state index is 0.0427. The first-order valence-electron chi connectivity index (χ1n) is 9.46. The number of aromatic nitrogens is 2. The molecule has 1 saturated carbocycles. The highest BCUT2D eigenvalue weighted by Gasteiger charge is 2.32. The lowest BCUT2D eigenvalue weighted by atomic mass is 9.93. The van der Waals surface area contributed by atoms with E-state index in [9.17, 15) is 4.79 Å². The maximum Gasteiger partial charge on any atom is 0.290 e. The van der Waals surface area contributed by atoms with E-state index in [0.717, 1.165) is 35.9 Å². The Balaban J connectivity index is 1.30.